The number of amides is 1. The quantitative estimate of drug-likeness (QED) is 0.332. The van der Waals surface area contributed by atoms with Gasteiger partial charge >= 0.3 is 0 Å². The van der Waals surface area contributed by atoms with E-state index >= 15 is 0 Å². The van der Waals surface area contributed by atoms with Crippen molar-refractivity contribution in [2.24, 2.45) is 0 Å². The molecule has 3 aromatic rings. The molecule has 0 aliphatic rings. The van der Waals surface area contributed by atoms with E-state index in [1.165, 1.54) is 6.07 Å². The van der Waals surface area contributed by atoms with Crippen molar-refractivity contribution >= 4 is 34.7 Å². The maximum atomic E-state index is 12.9. The van der Waals surface area contributed by atoms with Gasteiger partial charge in [-0.25, -0.2) is 0 Å². The van der Waals surface area contributed by atoms with Gasteiger partial charge in [0, 0.05) is 22.4 Å². The van der Waals surface area contributed by atoms with Crippen molar-refractivity contribution in [2.45, 2.75) is 10.6 Å². The largest absolute Gasteiger partial charge is 0.322 e. The average Bonchev–Trinajstić information content (AvgIpc) is 2.72. The van der Waals surface area contributed by atoms with Crippen molar-refractivity contribution in [2.75, 3.05) is 5.32 Å². The minimum absolute atomic E-state index is 0.170. The van der Waals surface area contributed by atoms with Crippen LogP contribution in [0.5, 0.6) is 0 Å². The second-order valence-corrected chi connectivity index (χ2v) is 6.96. The summed E-state index contributed by atoms with van der Waals surface area (Å²) in [7, 11) is 0. The van der Waals surface area contributed by atoms with E-state index in [-0.39, 0.29) is 10.5 Å². The molecule has 1 amide bonds. The van der Waals surface area contributed by atoms with Crippen molar-refractivity contribution in [3.63, 3.8) is 0 Å². The number of carbonyl (C=O) groups is 1. The van der Waals surface area contributed by atoms with Crippen LogP contribution in [0.3, 0.4) is 0 Å². The van der Waals surface area contributed by atoms with Crippen molar-refractivity contribution < 1.29 is 14.6 Å². The number of nitro benzene ring substituents is 2. The molecule has 0 fully saturated rings. The average molecular weight is 409 g/mol. The smallest absolute Gasteiger partial charge is 0.290 e. The summed E-state index contributed by atoms with van der Waals surface area (Å²) >= 11 is 1.13. The van der Waals surface area contributed by atoms with Gasteiger partial charge in [-0.05, 0) is 17.7 Å². The number of nitrogens with one attached hydrogen (secondary N) is 1. The number of nitro groups is 2. The van der Waals surface area contributed by atoms with E-state index in [0.29, 0.717) is 11.4 Å². The van der Waals surface area contributed by atoms with Crippen molar-refractivity contribution in [1.82, 2.24) is 0 Å². The first-order chi connectivity index (χ1) is 14.0. The molecular formula is C20H15N3O5S. The summed E-state index contributed by atoms with van der Waals surface area (Å²) in [5.41, 5.74) is 0.127. The Morgan fingerprint density at radius 1 is 0.897 bits per heavy atom. The van der Waals surface area contributed by atoms with E-state index in [1.807, 2.05) is 30.3 Å². The molecule has 0 unspecified atom stereocenters. The van der Waals surface area contributed by atoms with Gasteiger partial charge in [-0.15, -0.1) is 11.8 Å². The van der Waals surface area contributed by atoms with E-state index in [2.05, 4.69) is 5.32 Å². The normalized spacial score (nSPS) is 10.3. The van der Waals surface area contributed by atoms with Gasteiger partial charge in [-0.3, -0.25) is 25.0 Å². The van der Waals surface area contributed by atoms with Gasteiger partial charge < -0.3 is 5.32 Å². The Hall–Kier alpha value is -3.72. The summed E-state index contributed by atoms with van der Waals surface area (Å²) in [6.45, 7) is 0. The van der Waals surface area contributed by atoms with Gasteiger partial charge in [0.2, 0.25) is 0 Å². The first kappa shape index (κ1) is 20.0. The first-order valence-corrected chi connectivity index (χ1v) is 9.44. The van der Waals surface area contributed by atoms with Gasteiger partial charge in [0.1, 0.15) is 5.56 Å². The number of hydrogen-bond donors (Lipinski definition) is 1. The van der Waals surface area contributed by atoms with Gasteiger partial charge in [0.15, 0.2) is 0 Å². The second-order valence-electron chi connectivity index (χ2n) is 5.95. The summed E-state index contributed by atoms with van der Waals surface area (Å²) in [5.74, 6) is -0.307. The number of hydrogen-bond acceptors (Lipinski definition) is 6. The monoisotopic (exact) mass is 409 g/mol. The van der Waals surface area contributed by atoms with Crippen LogP contribution in [0.1, 0.15) is 15.9 Å². The molecule has 0 aliphatic heterocycles. The third-order valence-electron chi connectivity index (χ3n) is 3.97. The molecule has 0 bridgehead atoms. The van der Waals surface area contributed by atoms with Crippen LogP contribution in [-0.2, 0) is 5.75 Å². The molecular weight excluding hydrogens is 394 g/mol. The molecule has 8 nitrogen and oxygen atoms in total. The van der Waals surface area contributed by atoms with Gasteiger partial charge in [-0.1, -0.05) is 48.5 Å². The van der Waals surface area contributed by atoms with Gasteiger partial charge in [0.25, 0.3) is 17.3 Å². The van der Waals surface area contributed by atoms with Crippen LogP contribution in [0.25, 0.3) is 0 Å². The van der Waals surface area contributed by atoms with Crippen molar-refractivity contribution in [3.05, 3.63) is 104 Å². The van der Waals surface area contributed by atoms with E-state index in [9.17, 15) is 25.0 Å². The first-order valence-electron chi connectivity index (χ1n) is 8.45. The molecule has 0 spiro atoms. The molecule has 3 aromatic carbocycles. The molecule has 3 rings (SSSR count). The Morgan fingerprint density at radius 3 is 2.10 bits per heavy atom. The van der Waals surface area contributed by atoms with Gasteiger partial charge in [0.05, 0.1) is 15.9 Å². The minimum Gasteiger partial charge on any atom is -0.322 e. The number of carbonyl (C=O) groups excluding carboxylic acids is 1. The summed E-state index contributed by atoms with van der Waals surface area (Å²) in [5, 5.41) is 25.4. The van der Waals surface area contributed by atoms with Crippen LogP contribution in [0.4, 0.5) is 17.1 Å². The molecule has 1 N–H and O–H groups in total. The molecule has 0 saturated carbocycles. The topological polar surface area (TPSA) is 115 Å². The van der Waals surface area contributed by atoms with Crippen molar-refractivity contribution in [1.29, 1.82) is 0 Å². The molecule has 0 heterocycles. The lowest BCUT2D eigenvalue weighted by Crippen LogP contribution is -2.15. The van der Waals surface area contributed by atoms with E-state index < -0.39 is 27.1 Å². The highest BCUT2D eigenvalue weighted by Gasteiger charge is 2.29. The molecule has 0 aromatic heterocycles. The van der Waals surface area contributed by atoms with Gasteiger partial charge in [-0.2, -0.15) is 0 Å². The highest BCUT2D eigenvalue weighted by atomic mass is 32.2. The third kappa shape index (κ3) is 4.96. The lowest BCUT2D eigenvalue weighted by molar-refractivity contribution is -0.394. The van der Waals surface area contributed by atoms with Crippen molar-refractivity contribution in [3.8, 4) is 0 Å². The predicted molar refractivity (Wildman–Crippen MR) is 110 cm³/mol. The molecule has 0 saturated heterocycles. The Balaban J connectivity index is 2.03. The van der Waals surface area contributed by atoms with Crippen LogP contribution < -0.4 is 5.32 Å². The van der Waals surface area contributed by atoms with Crippen LogP contribution in [0.2, 0.25) is 0 Å². The zero-order chi connectivity index (χ0) is 20.8. The SMILES string of the molecule is O=C(Nc1ccccc1)c1c(SCc2ccccc2)cc([N+](=O)[O-])cc1[N+](=O)[O-]. The number of anilines is 1. The standard InChI is InChI=1S/C20H15N3O5S/c24-20(21-15-9-5-2-6-10-15)19-17(23(27)28)11-16(22(25)26)12-18(19)29-13-14-7-3-1-4-8-14/h1-12H,13H2,(H,21,24). The maximum Gasteiger partial charge on any atom is 0.290 e. The predicted octanol–water partition coefficient (Wildman–Crippen LogP) is 5.05. The zero-order valence-corrected chi connectivity index (χ0v) is 15.8. The molecule has 9 heteroatoms. The highest BCUT2D eigenvalue weighted by Crippen LogP contribution is 2.36. The number of benzene rings is 3. The fraction of sp³-hybridized carbons (Fsp3) is 0.0500. The number of thioether (sulfide) groups is 1. The molecule has 0 aliphatic carbocycles. The molecule has 0 radical (unpaired) electrons. The van der Waals surface area contributed by atoms with Crippen LogP contribution in [0.15, 0.2) is 77.7 Å². The van der Waals surface area contributed by atoms with Crippen LogP contribution in [-0.4, -0.2) is 15.8 Å². The van der Waals surface area contributed by atoms with Crippen LogP contribution >= 0.6 is 11.8 Å². The number of para-hydroxylation sites is 1. The number of non-ortho nitro benzene ring substituents is 1. The highest BCUT2D eigenvalue weighted by molar-refractivity contribution is 7.98. The molecule has 0 atom stereocenters. The summed E-state index contributed by atoms with van der Waals surface area (Å²) < 4.78 is 0. The number of rotatable bonds is 7. The van der Waals surface area contributed by atoms with E-state index in [1.54, 1.807) is 30.3 Å². The van der Waals surface area contributed by atoms with E-state index in [4.69, 9.17) is 0 Å². The van der Waals surface area contributed by atoms with E-state index in [0.717, 1.165) is 23.4 Å². The minimum atomic E-state index is -0.778. The third-order valence-corrected chi connectivity index (χ3v) is 5.08. The molecule has 29 heavy (non-hydrogen) atoms. The Labute approximate surface area is 169 Å². The Bertz CT molecular complexity index is 1060. The molecule has 146 valence electrons. The lowest BCUT2D eigenvalue weighted by atomic mass is 10.1. The fourth-order valence-corrected chi connectivity index (χ4v) is 3.69. The summed E-state index contributed by atoms with van der Waals surface area (Å²) in [6.07, 6.45) is 0. The fourth-order valence-electron chi connectivity index (χ4n) is 2.63. The van der Waals surface area contributed by atoms with Crippen LogP contribution in [0, 0.1) is 20.2 Å². The Kier molecular flexibility index (Phi) is 6.20. The summed E-state index contributed by atoms with van der Waals surface area (Å²) in [6, 6.07) is 19.8. The Morgan fingerprint density at radius 2 is 1.52 bits per heavy atom. The lowest BCUT2D eigenvalue weighted by Gasteiger charge is -2.11. The summed E-state index contributed by atoms with van der Waals surface area (Å²) in [4.78, 5) is 34.4. The maximum absolute atomic E-state index is 12.9. The zero-order valence-electron chi connectivity index (χ0n) is 15.0. The number of nitrogens with zero attached hydrogens (tertiary/aromatic N) is 2. The second kappa shape index (κ2) is 8.98.